The molecule has 0 saturated heterocycles. The number of non-ortho nitro benzene ring substituents is 1. The third kappa shape index (κ3) is 5.43. The molecule has 2 rings (SSSR count). The lowest BCUT2D eigenvalue weighted by atomic mass is 10.2. The van der Waals surface area contributed by atoms with E-state index in [9.17, 15) is 28.1 Å². The van der Waals surface area contributed by atoms with Crippen LogP contribution in [0.4, 0.5) is 18.9 Å². The Bertz CT molecular complexity index is 794. The molecule has 10 heteroatoms. The summed E-state index contributed by atoms with van der Waals surface area (Å²) in [6, 6.07) is 8.32. The van der Waals surface area contributed by atoms with E-state index in [0.717, 1.165) is 6.20 Å². The molecule has 7 nitrogen and oxygen atoms in total. The predicted octanol–water partition coefficient (Wildman–Crippen LogP) is 3.20. The first kappa shape index (κ1) is 19.2. The minimum absolute atomic E-state index is 0.0869. The number of alkyl halides is 3. The number of carbonyl (C=O) groups excluding carboxylic acids is 1. The van der Waals surface area contributed by atoms with Crippen LogP contribution in [-0.2, 0) is 6.54 Å². The maximum absolute atomic E-state index is 12.3. The Morgan fingerprint density at radius 3 is 2.62 bits per heavy atom. The van der Waals surface area contributed by atoms with E-state index in [1.807, 2.05) is 0 Å². The minimum Gasteiger partial charge on any atom is -0.468 e. The van der Waals surface area contributed by atoms with Gasteiger partial charge >= 0.3 is 6.18 Å². The van der Waals surface area contributed by atoms with Gasteiger partial charge in [0, 0.05) is 38.0 Å². The fourth-order valence-electron chi connectivity index (χ4n) is 2.08. The van der Waals surface area contributed by atoms with E-state index in [1.165, 1.54) is 42.3 Å². The van der Waals surface area contributed by atoms with E-state index in [-0.39, 0.29) is 23.7 Å². The van der Waals surface area contributed by atoms with Crippen LogP contribution in [0.2, 0.25) is 0 Å². The fourth-order valence-corrected chi connectivity index (χ4v) is 2.08. The zero-order chi connectivity index (χ0) is 19.3. The van der Waals surface area contributed by atoms with Crippen molar-refractivity contribution in [2.24, 2.45) is 0 Å². The summed E-state index contributed by atoms with van der Waals surface area (Å²) < 4.78 is 40.7. The Labute approximate surface area is 146 Å². The summed E-state index contributed by atoms with van der Waals surface area (Å²) in [4.78, 5) is 27.6. The zero-order valence-corrected chi connectivity index (χ0v) is 13.6. The lowest BCUT2D eigenvalue weighted by Gasteiger charge is -2.17. The highest BCUT2D eigenvalue weighted by Gasteiger charge is 2.28. The molecule has 0 aliphatic carbocycles. The highest BCUT2D eigenvalue weighted by Crippen LogP contribution is 2.18. The third-order valence-electron chi connectivity index (χ3n) is 3.25. The van der Waals surface area contributed by atoms with Gasteiger partial charge in [-0.15, -0.1) is 0 Å². The van der Waals surface area contributed by atoms with Crippen molar-refractivity contribution in [1.82, 2.24) is 9.88 Å². The summed E-state index contributed by atoms with van der Waals surface area (Å²) in [5, 5.41) is 10.8. The molecular formula is C16H14F3N3O4. The molecule has 0 saturated carbocycles. The number of ether oxygens (including phenoxy) is 1. The number of amides is 1. The maximum atomic E-state index is 12.3. The normalized spacial score (nSPS) is 11.1. The van der Waals surface area contributed by atoms with Gasteiger partial charge in [0.1, 0.15) is 0 Å². The van der Waals surface area contributed by atoms with Gasteiger partial charge in [-0.1, -0.05) is 12.1 Å². The van der Waals surface area contributed by atoms with Crippen molar-refractivity contribution in [3.05, 3.63) is 63.8 Å². The van der Waals surface area contributed by atoms with Crippen LogP contribution in [0.3, 0.4) is 0 Å². The monoisotopic (exact) mass is 369 g/mol. The van der Waals surface area contributed by atoms with Crippen LogP contribution in [0.25, 0.3) is 0 Å². The van der Waals surface area contributed by atoms with Gasteiger partial charge in [0.2, 0.25) is 5.88 Å². The van der Waals surface area contributed by atoms with Crippen molar-refractivity contribution in [2.75, 3.05) is 13.7 Å². The van der Waals surface area contributed by atoms with E-state index >= 15 is 0 Å². The van der Waals surface area contributed by atoms with Crippen molar-refractivity contribution >= 4 is 11.6 Å². The van der Waals surface area contributed by atoms with Crippen molar-refractivity contribution in [3.8, 4) is 5.88 Å². The summed E-state index contributed by atoms with van der Waals surface area (Å²) in [5.74, 6) is -0.688. The Morgan fingerprint density at radius 2 is 2.04 bits per heavy atom. The number of nitro benzene ring substituents is 1. The second-order valence-electron chi connectivity index (χ2n) is 5.38. The largest absolute Gasteiger partial charge is 0.468 e. The van der Waals surface area contributed by atoms with Gasteiger partial charge in [0.05, 0.1) is 10.5 Å². The molecule has 1 amide bonds. The summed E-state index contributed by atoms with van der Waals surface area (Å²) >= 11 is 0. The van der Waals surface area contributed by atoms with Gasteiger partial charge < -0.3 is 9.64 Å². The number of nitro groups is 1. The fraction of sp³-hybridized carbons (Fsp3) is 0.250. The number of rotatable bonds is 6. The molecule has 1 aromatic carbocycles. The predicted molar refractivity (Wildman–Crippen MR) is 84.7 cm³/mol. The van der Waals surface area contributed by atoms with Gasteiger partial charge in [-0.25, -0.2) is 4.98 Å². The molecule has 26 heavy (non-hydrogen) atoms. The second kappa shape index (κ2) is 7.81. The number of aromatic nitrogens is 1. The van der Waals surface area contributed by atoms with Crippen LogP contribution in [-0.4, -0.2) is 40.5 Å². The molecule has 2 aromatic rings. The van der Waals surface area contributed by atoms with Crippen molar-refractivity contribution < 1.29 is 27.6 Å². The highest BCUT2D eigenvalue weighted by atomic mass is 19.4. The molecule has 0 aliphatic rings. The van der Waals surface area contributed by atoms with Crippen LogP contribution < -0.4 is 4.74 Å². The molecule has 0 atom stereocenters. The Morgan fingerprint density at radius 1 is 1.31 bits per heavy atom. The summed E-state index contributed by atoms with van der Waals surface area (Å²) in [6.45, 7) is -1.35. The summed E-state index contributed by atoms with van der Waals surface area (Å²) in [6.07, 6.45) is -3.37. The van der Waals surface area contributed by atoms with Crippen LogP contribution in [0.15, 0.2) is 42.6 Å². The van der Waals surface area contributed by atoms with Gasteiger partial charge in [-0.2, -0.15) is 13.2 Å². The van der Waals surface area contributed by atoms with Gasteiger partial charge in [-0.05, 0) is 11.6 Å². The molecule has 0 spiro atoms. The standard InChI is InChI=1S/C16H14F3N3O4/c1-21(9-11-3-2-4-13(7-11)22(24)25)15(23)12-5-6-14(20-8-12)26-10-16(17,18)19/h2-8H,9-10H2,1H3. The van der Waals surface area contributed by atoms with E-state index in [0.29, 0.717) is 5.56 Å². The van der Waals surface area contributed by atoms with E-state index in [4.69, 9.17) is 0 Å². The van der Waals surface area contributed by atoms with Gasteiger partial charge in [0.15, 0.2) is 6.61 Å². The smallest absolute Gasteiger partial charge is 0.422 e. The second-order valence-corrected chi connectivity index (χ2v) is 5.38. The Hall–Kier alpha value is -3.17. The van der Waals surface area contributed by atoms with E-state index in [1.54, 1.807) is 6.07 Å². The van der Waals surface area contributed by atoms with Crippen LogP contribution in [0, 0.1) is 10.1 Å². The summed E-state index contributed by atoms with van der Waals surface area (Å²) in [5.41, 5.74) is 0.626. The van der Waals surface area contributed by atoms with E-state index < -0.39 is 23.6 Å². The third-order valence-corrected chi connectivity index (χ3v) is 3.25. The lowest BCUT2D eigenvalue weighted by molar-refractivity contribution is -0.384. The molecule has 0 unspecified atom stereocenters. The van der Waals surface area contributed by atoms with E-state index in [2.05, 4.69) is 9.72 Å². The summed E-state index contributed by atoms with van der Waals surface area (Å²) in [7, 11) is 1.50. The number of carbonyl (C=O) groups is 1. The van der Waals surface area contributed by atoms with Crippen molar-refractivity contribution in [3.63, 3.8) is 0 Å². The molecule has 0 aliphatic heterocycles. The Balaban J connectivity index is 2.01. The topological polar surface area (TPSA) is 85.6 Å². The molecule has 0 fully saturated rings. The molecule has 0 radical (unpaired) electrons. The minimum atomic E-state index is -4.48. The number of benzene rings is 1. The molecule has 0 N–H and O–H groups in total. The van der Waals surface area contributed by atoms with Crippen LogP contribution in [0.5, 0.6) is 5.88 Å². The van der Waals surface area contributed by atoms with Crippen molar-refractivity contribution in [1.29, 1.82) is 0 Å². The molecule has 1 heterocycles. The number of hydrogen-bond donors (Lipinski definition) is 0. The number of nitrogens with zero attached hydrogens (tertiary/aromatic N) is 3. The van der Waals surface area contributed by atoms with Crippen molar-refractivity contribution in [2.45, 2.75) is 12.7 Å². The Kier molecular flexibility index (Phi) is 5.75. The first-order valence-corrected chi connectivity index (χ1v) is 7.30. The molecule has 1 aromatic heterocycles. The average molecular weight is 369 g/mol. The number of halogens is 3. The SMILES string of the molecule is CN(Cc1cccc([N+](=O)[O-])c1)C(=O)c1ccc(OCC(F)(F)F)nc1. The van der Waals surface area contributed by atoms with Crippen LogP contribution in [0.1, 0.15) is 15.9 Å². The van der Waals surface area contributed by atoms with Crippen LogP contribution >= 0.6 is 0 Å². The molecule has 0 bridgehead atoms. The molecule has 138 valence electrons. The quantitative estimate of drug-likeness (QED) is 0.577. The first-order chi connectivity index (χ1) is 12.2. The first-order valence-electron chi connectivity index (χ1n) is 7.30. The zero-order valence-electron chi connectivity index (χ0n) is 13.6. The van der Waals surface area contributed by atoms with Gasteiger partial charge in [0.25, 0.3) is 11.6 Å². The molecular weight excluding hydrogens is 355 g/mol. The number of hydrogen-bond acceptors (Lipinski definition) is 5. The highest BCUT2D eigenvalue weighted by molar-refractivity contribution is 5.93. The maximum Gasteiger partial charge on any atom is 0.422 e. The number of pyridine rings is 1. The lowest BCUT2D eigenvalue weighted by Crippen LogP contribution is -2.26. The average Bonchev–Trinajstić information content (AvgIpc) is 2.59. The van der Waals surface area contributed by atoms with Gasteiger partial charge in [-0.3, -0.25) is 14.9 Å².